The van der Waals surface area contributed by atoms with Gasteiger partial charge in [-0.05, 0) is 38.0 Å². The fraction of sp³-hybridized carbons (Fsp3) is 0.929. The first-order valence-corrected chi connectivity index (χ1v) is 7.00. The number of nitrogens with two attached hydrogens (primary N) is 1. The Kier molecular flexibility index (Phi) is 3.48. The van der Waals surface area contributed by atoms with Crippen molar-refractivity contribution in [2.24, 2.45) is 23.0 Å². The molecule has 0 aromatic rings. The van der Waals surface area contributed by atoms with Crippen LogP contribution in [0.5, 0.6) is 0 Å². The SMILES string of the molecule is CC1CCN(C(=O)C2(C)CCCC2N)CC1C. The third-order valence-corrected chi connectivity index (χ3v) is 5.14. The number of hydrogen-bond donors (Lipinski definition) is 1. The van der Waals surface area contributed by atoms with Gasteiger partial charge in [0.1, 0.15) is 0 Å². The highest BCUT2D eigenvalue weighted by Crippen LogP contribution is 2.39. The molecule has 4 unspecified atom stereocenters. The highest BCUT2D eigenvalue weighted by molar-refractivity contribution is 5.83. The average Bonchev–Trinajstić information content (AvgIpc) is 2.63. The summed E-state index contributed by atoms with van der Waals surface area (Å²) < 4.78 is 0. The molecule has 1 saturated heterocycles. The highest BCUT2D eigenvalue weighted by Gasteiger charge is 2.45. The van der Waals surface area contributed by atoms with Gasteiger partial charge in [-0.2, -0.15) is 0 Å². The predicted octanol–water partition coefficient (Wildman–Crippen LogP) is 2.01. The van der Waals surface area contributed by atoms with E-state index in [9.17, 15) is 4.79 Å². The number of carbonyl (C=O) groups is 1. The highest BCUT2D eigenvalue weighted by atomic mass is 16.2. The van der Waals surface area contributed by atoms with Gasteiger partial charge >= 0.3 is 0 Å². The summed E-state index contributed by atoms with van der Waals surface area (Å²) in [4.78, 5) is 14.7. The molecule has 4 atom stereocenters. The number of likely N-dealkylation sites (tertiary alicyclic amines) is 1. The summed E-state index contributed by atoms with van der Waals surface area (Å²) in [5.74, 6) is 1.67. The minimum absolute atomic E-state index is 0.0599. The van der Waals surface area contributed by atoms with Crippen molar-refractivity contribution in [2.45, 2.75) is 52.5 Å². The van der Waals surface area contributed by atoms with Crippen LogP contribution in [0.1, 0.15) is 46.5 Å². The number of rotatable bonds is 1. The van der Waals surface area contributed by atoms with Crippen LogP contribution in [0.2, 0.25) is 0 Å². The van der Waals surface area contributed by atoms with Gasteiger partial charge in [-0.25, -0.2) is 0 Å². The molecule has 2 fully saturated rings. The molecule has 2 rings (SSSR count). The summed E-state index contributed by atoms with van der Waals surface area (Å²) in [7, 11) is 0. The maximum absolute atomic E-state index is 12.6. The normalized spacial score (nSPS) is 42.8. The molecule has 1 amide bonds. The molecule has 2 N–H and O–H groups in total. The maximum Gasteiger partial charge on any atom is 0.230 e. The first kappa shape index (κ1) is 12.9. The van der Waals surface area contributed by atoms with Crippen molar-refractivity contribution >= 4 is 5.91 Å². The number of carbonyl (C=O) groups excluding carboxylic acids is 1. The molecule has 1 saturated carbocycles. The Balaban J connectivity index is 2.05. The van der Waals surface area contributed by atoms with Crippen LogP contribution in [0.4, 0.5) is 0 Å². The van der Waals surface area contributed by atoms with Gasteiger partial charge in [-0.1, -0.05) is 20.3 Å². The molecule has 1 heterocycles. The number of hydrogen-bond acceptors (Lipinski definition) is 2. The van der Waals surface area contributed by atoms with Crippen molar-refractivity contribution < 1.29 is 4.79 Å². The third kappa shape index (κ3) is 2.22. The second-order valence-corrected chi connectivity index (χ2v) is 6.41. The van der Waals surface area contributed by atoms with Crippen LogP contribution < -0.4 is 5.73 Å². The summed E-state index contributed by atoms with van der Waals surface area (Å²) in [6.07, 6.45) is 4.21. The van der Waals surface area contributed by atoms with E-state index in [0.29, 0.717) is 11.8 Å². The van der Waals surface area contributed by atoms with Crippen molar-refractivity contribution in [3.05, 3.63) is 0 Å². The summed E-state index contributed by atoms with van der Waals surface area (Å²) in [6, 6.07) is 0.0599. The molecule has 98 valence electrons. The zero-order chi connectivity index (χ0) is 12.6. The van der Waals surface area contributed by atoms with Gasteiger partial charge in [-0.15, -0.1) is 0 Å². The number of amides is 1. The summed E-state index contributed by atoms with van der Waals surface area (Å²) in [6.45, 7) is 8.45. The lowest BCUT2D eigenvalue weighted by atomic mass is 9.81. The Morgan fingerprint density at radius 1 is 1.29 bits per heavy atom. The molecule has 2 aliphatic rings. The van der Waals surface area contributed by atoms with Crippen LogP contribution in [0.25, 0.3) is 0 Å². The monoisotopic (exact) mass is 238 g/mol. The second kappa shape index (κ2) is 4.60. The minimum Gasteiger partial charge on any atom is -0.342 e. The largest absolute Gasteiger partial charge is 0.342 e. The van der Waals surface area contributed by atoms with Gasteiger partial charge in [-0.3, -0.25) is 4.79 Å². The summed E-state index contributed by atoms with van der Waals surface area (Å²) >= 11 is 0. The Morgan fingerprint density at radius 2 is 2.00 bits per heavy atom. The van der Waals surface area contributed by atoms with Crippen LogP contribution in [-0.4, -0.2) is 29.9 Å². The van der Waals surface area contributed by atoms with E-state index in [0.717, 1.165) is 44.7 Å². The molecule has 1 aliphatic heterocycles. The molecule has 0 aromatic heterocycles. The van der Waals surface area contributed by atoms with Crippen LogP contribution in [-0.2, 0) is 4.79 Å². The zero-order valence-corrected chi connectivity index (χ0v) is 11.4. The van der Waals surface area contributed by atoms with E-state index in [-0.39, 0.29) is 11.5 Å². The van der Waals surface area contributed by atoms with Crippen molar-refractivity contribution in [1.82, 2.24) is 4.90 Å². The van der Waals surface area contributed by atoms with Gasteiger partial charge in [0.05, 0.1) is 5.41 Å². The Hall–Kier alpha value is -0.570. The van der Waals surface area contributed by atoms with E-state index in [1.807, 2.05) is 0 Å². The first-order valence-electron chi connectivity index (χ1n) is 7.00. The molecule has 0 spiro atoms. The molecule has 0 bridgehead atoms. The molecule has 0 aromatic carbocycles. The zero-order valence-electron chi connectivity index (χ0n) is 11.4. The second-order valence-electron chi connectivity index (χ2n) is 6.41. The lowest BCUT2D eigenvalue weighted by Gasteiger charge is -2.40. The molecule has 3 nitrogen and oxygen atoms in total. The van der Waals surface area contributed by atoms with E-state index >= 15 is 0 Å². The molecule has 0 radical (unpaired) electrons. The lowest BCUT2D eigenvalue weighted by Crippen LogP contribution is -2.52. The van der Waals surface area contributed by atoms with E-state index in [2.05, 4.69) is 25.7 Å². The Bertz CT molecular complexity index is 305. The predicted molar refractivity (Wildman–Crippen MR) is 69.5 cm³/mol. The van der Waals surface area contributed by atoms with Crippen LogP contribution in [0, 0.1) is 17.3 Å². The van der Waals surface area contributed by atoms with Gasteiger partial charge in [0.15, 0.2) is 0 Å². The van der Waals surface area contributed by atoms with Crippen LogP contribution in [0.3, 0.4) is 0 Å². The maximum atomic E-state index is 12.6. The number of piperidine rings is 1. The van der Waals surface area contributed by atoms with E-state index < -0.39 is 0 Å². The van der Waals surface area contributed by atoms with E-state index in [1.54, 1.807) is 0 Å². The van der Waals surface area contributed by atoms with E-state index in [4.69, 9.17) is 5.73 Å². The molecule has 1 aliphatic carbocycles. The van der Waals surface area contributed by atoms with Crippen LogP contribution in [0.15, 0.2) is 0 Å². The third-order valence-electron chi connectivity index (χ3n) is 5.14. The van der Waals surface area contributed by atoms with E-state index in [1.165, 1.54) is 0 Å². The molecule has 17 heavy (non-hydrogen) atoms. The van der Waals surface area contributed by atoms with Crippen molar-refractivity contribution in [2.75, 3.05) is 13.1 Å². The average molecular weight is 238 g/mol. The fourth-order valence-corrected chi connectivity index (χ4v) is 3.27. The molecule has 3 heteroatoms. The van der Waals surface area contributed by atoms with Gasteiger partial charge < -0.3 is 10.6 Å². The summed E-state index contributed by atoms with van der Waals surface area (Å²) in [5, 5.41) is 0. The Morgan fingerprint density at radius 3 is 2.53 bits per heavy atom. The first-order chi connectivity index (χ1) is 7.95. The smallest absolute Gasteiger partial charge is 0.230 e. The van der Waals surface area contributed by atoms with Gasteiger partial charge in [0, 0.05) is 19.1 Å². The van der Waals surface area contributed by atoms with Gasteiger partial charge in [0.25, 0.3) is 0 Å². The lowest BCUT2D eigenvalue weighted by molar-refractivity contribution is -0.144. The molecular weight excluding hydrogens is 212 g/mol. The van der Waals surface area contributed by atoms with Gasteiger partial charge in [0.2, 0.25) is 5.91 Å². The molecular formula is C14H26N2O. The van der Waals surface area contributed by atoms with Crippen molar-refractivity contribution in [3.8, 4) is 0 Å². The van der Waals surface area contributed by atoms with Crippen molar-refractivity contribution in [1.29, 1.82) is 0 Å². The fourth-order valence-electron chi connectivity index (χ4n) is 3.27. The van der Waals surface area contributed by atoms with Crippen molar-refractivity contribution in [3.63, 3.8) is 0 Å². The Labute approximate surface area is 105 Å². The topological polar surface area (TPSA) is 46.3 Å². The standard InChI is InChI=1S/C14H26N2O/c1-10-6-8-16(9-11(10)2)13(17)14(3)7-4-5-12(14)15/h10-12H,4-9,15H2,1-3H3. The summed E-state index contributed by atoms with van der Waals surface area (Å²) in [5.41, 5.74) is 5.84. The minimum atomic E-state index is -0.291. The van der Waals surface area contributed by atoms with Crippen LogP contribution >= 0.6 is 0 Å². The quantitative estimate of drug-likeness (QED) is 0.759. The number of nitrogens with zero attached hydrogens (tertiary/aromatic N) is 1.